The molecule has 3 N–H and O–H groups in total. The Morgan fingerprint density at radius 3 is 2.04 bits per heavy atom. The van der Waals surface area contributed by atoms with Gasteiger partial charge in [-0.2, -0.15) is 5.10 Å². The Balaban J connectivity index is 1.91. The van der Waals surface area contributed by atoms with Crippen LogP contribution in [0, 0.1) is 7.14 Å². The molecule has 1 amide bonds. The van der Waals surface area contributed by atoms with Crippen LogP contribution in [0.25, 0.3) is 0 Å². The van der Waals surface area contributed by atoms with Crippen LogP contribution in [-0.4, -0.2) is 22.3 Å². The molecule has 0 aliphatic carbocycles. The van der Waals surface area contributed by atoms with Gasteiger partial charge in [0.2, 0.25) is 0 Å². The summed E-state index contributed by atoms with van der Waals surface area (Å²) < 4.78 is 1.61. The lowest BCUT2D eigenvalue weighted by molar-refractivity contribution is -0.136. The van der Waals surface area contributed by atoms with Crippen LogP contribution in [0.15, 0.2) is 77.9 Å². The molecular formula is C21H16I2N2O3. The van der Waals surface area contributed by atoms with E-state index in [1.165, 1.54) is 6.21 Å². The molecular weight excluding hydrogens is 582 g/mol. The molecule has 0 atom stereocenters. The van der Waals surface area contributed by atoms with Crippen LogP contribution >= 0.6 is 45.2 Å². The zero-order valence-corrected chi connectivity index (χ0v) is 18.8. The van der Waals surface area contributed by atoms with E-state index in [0.29, 0.717) is 20.3 Å². The van der Waals surface area contributed by atoms with Crippen LogP contribution in [0.4, 0.5) is 0 Å². The lowest BCUT2D eigenvalue weighted by atomic mass is 9.85. The average Bonchev–Trinajstić information content (AvgIpc) is 2.72. The minimum atomic E-state index is -1.90. The van der Waals surface area contributed by atoms with E-state index < -0.39 is 11.5 Å². The largest absolute Gasteiger partial charge is 0.506 e. The fraction of sp³-hybridized carbons (Fsp3) is 0.0476. The number of aliphatic hydroxyl groups is 1. The van der Waals surface area contributed by atoms with E-state index >= 15 is 0 Å². The molecule has 0 aromatic heterocycles. The lowest BCUT2D eigenvalue weighted by Crippen LogP contribution is -2.43. The number of halogens is 2. The number of nitrogens with one attached hydrogen (secondary N) is 1. The van der Waals surface area contributed by atoms with Crippen molar-refractivity contribution < 1.29 is 15.0 Å². The summed E-state index contributed by atoms with van der Waals surface area (Å²) >= 11 is 4.16. The second kappa shape index (κ2) is 9.01. The number of carbonyl (C=O) groups excluding carboxylic acids is 1. The standard InChI is InChI=1S/C21H16I2N2O3/c22-17-11-14(19(26)18(23)12-17)13-24-25-20(27)21(28,15-7-3-1-4-8-15)16-9-5-2-6-10-16/h1-13,26,28H,(H,25,27)/b24-13-. The van der Waals surface area contributed by atoms with Gasteiger partial charge in [-0.15, -0.1) is 0 Å². The zero-order valence-electron chi connectivity index (χ0n) is 14.5. The second-order valence-electron chi connectivity index (χ2n) is 5.97. The number of aromatic hydroxyl groups is 1. The van der Waals surface area contributed by atoms with Gasteiger partial charge in [0.25, 0.3) is 5.91 Å². The van der Waals surface area contributed by atoms with E-state index in [2.05, 4.69) is 33.1 Å². The van der Waals surface area contributed by atoms with Crippen LogP contribution in [0.5, 0.6) is 5.75 Å². The van der Waals surface area contributed by atoms with Crippen molar-refractivity contribution in [2.45, 2.75) is 5.60 Å². The molecule has 0 spiro atoms. The molecule has 0 aliphatic rings. The first-order valence-electron chi connectivity index (χ1n) is 8.28. The number of phenols is 1. The number of nitrogens with zero attached hydrogens (tertiary/aromatic N) is 1. The number of amides is 1. The molecule has 7 heteroatoms. The van der Waals surface area contributed by atoms with E-state index in [0.717, 1.165) is 3.57 Å². The van der Waals surface area contributed by atoms with Crippen LogP contribution in [0.1, 0.15) is 16.7 Å². The maximum atomic E-state index is 12.9. The normalized spacial score (nSPS) is 11.5. The minimum Gasteiger partial charge on any atom is -0.506 e. The molecule has 0 fully saturated rings. The lowest BCUT2D eigenvalue weighted by Gasteiger charge is -2.27. The van der Waals surface area contributed by atoms with Crippen molar-refractivity contribution in [3.8, 4) is 5.75 Å². The van der Waals surface area contributed by atoms with Gasteiger partial charge in [0, 0.05) is 9.13 Å². The first-order chi connectivity index (χ1) is 13.4. The Bertz CT molecular complexity index is 969. The van der Waals surface area contributed by atoms with Crippen molar-refractivity contribution in [3.63, 3.8) is 0 Å². The van der Waals surface area contributed by atoms with Crippen LogP contribution in [-0.2, 0) is 10.4 Å². The van der Waals surface area contributed by atoms with Gasteiger partial charge in [-0.05, 0) is 68.4 Å². The third-order valence-electron chi connectivity index (χ3n) is 4.14. The molecule has 3 rings (SSSR count). The summed E-state index contributed by atoms with van der Waals surface area (Å²) in [6.07, 6.45) is 1.36. The molecule has 0 saturated heterocycles. The summed E-state index contributed by atoms with van der Waals surface area (Å²) in [5.74, 6) is -0.610. The molecule has 3 aromatic carbocycles. The van der Waals surface area contributed by atoms with Gasteiger partial charge in [-0.1, -0.05) is 60.7 Å². The number of hydrogen-bond acceptors (Lipinski definition) is 4. The molecule has 0 unspecified atom stereocenters. The first kappa shape index (κ1) is 20.7. The predicted molar refractivity (Wildman–Crippen MR) is 125 cm³/mol. The number of rotatable bonds is 5. The number of phenolic OH excluding ortho intramolecular Hbond substituents is 1. The molecule has 0 saturated carbocycles. The monoisotopic (exact) mass is 598 g/mol. The Hall–Kier alpha value is -1.98. The van der Waals surface area contributed by atoms with Gasteiger partial charge in [-0.3, -0.25) is 4.79 Å². The van der Waals surface area contributed by atoms with Gasteiger partial charge >= 0.3 is 0 Å². The molecule has 0 radical (unpaired) electrons. The highest BCUT2D eigenvalue weighted by Gasteiger charge is 2.39. The quantitative estimate of drug-likeness (QED) is 0.236. The smallest absolute Gasteiger partial charge is 0.281 e. The van der Waals surface area contributed by atoms with Crippen molar-refractivity contribution >= 4 is 57.3 Å². The summed E-state index contributed by atoms with van der Waals surface area (Å²) in [6, 6.07) is 21.0. The van der Waals surface area contributed by atoms with Crippen LogP contribution in [0.2, 0.25) is 0 Å². The highest BCUT2D eigenvalue weighted by atomic mass is 127. The maximum absolute atomic E-state index is 12.9. The van der Waals surface area contributed by atoms with Crippen LogP contribution < -0.4 is 5.43 Å². The molecule has 28 heavy (non-hydrogen) atoms. The van der Waals surface area contributed by atoms with Gasteiger partial charge in [0.05, 0.1) is 9.78 Å². The number of hydrazone groups is 1. The molecule has 5 nitrogen and oxygen atoms in total. The fourth-order valence-electron chi connectivity index (χ4n) is 2.71. The summed E-state index contributed by atoms with van der Waals surface area (Å²) in [7, 11) is 0. The van der Waals surface area contributed by atoms with E-state index in [4.69, 9.17) is 0 Å². The van der Waals surface area contributed by atoms with E-state index in [1.54, 1.807) is 54.6 Å². The topological polar surface area (TPSA) is 81.9 Å². The molecule has 0 heterocycles. The van der Waals surface area contributed by atoms with Crippen molar-refractivity contribution in [3.05, 3.63) is 96.6 Å². The Kier molecular flexibility index (Phi) is 6.68. The van der Waals surface area contributed by atoms with Gasteiger partial charge in [0.15, 0.2) is 5.60 Å². The zero-order chi connectivity index (χ0) is 20.1. The van der Waals surface area contributed by atoms with E-state index in [1.807, 2.05) is 40.8 Å². The van der Waals surface area contributed by atoms with Crippen molar-refractivity contribution in [1.29, 1.82) is 0 Å². The summed E-state index contributed by atoms with van der Waals surface area (Å²) in [4.78, 5) is 12.9. The highest BCUT2D eigenvalue weighted by Crippen LogP contribution is 2.30. The maximum Gasteiger partial charge on any atom is 0.281 e. The molecule has 3 aromatic rings. The highest BCUT2D eigenvalue weighted by molar-refractivity contribution is 14.1. The van der Waals surface area contributed by atoms with E-state index in [9.17, 15) is 15.0 Å². The fourth-order valence-corrected chi connectivity index (χ4v) is 4.60. The Morgan fingerprint density at radius 2 is 1.50 bits per heavy atom. The van der Waals surface area contributed by atoms with Crippen molar-refractivity contribution in [2.75, 3.05) is 0 Å². The van der Waals surface area contributed by atoms with Crippen molar-refractivity contribution in [2.24, 2.45) is 5.10 Å². The minimum absolute atomic E-state index is 0.0837. The summed E-state index contributed by atoms with van der Waals surface area (Å²) in [5.41, 5.74) is 1.83. The van der Waals surface area contributed by atoms with Gasteiger partial charge < -0.3 is 10.2 Å². The molecule has 0 aliphatic heterocycles. The molecule has 142 valence electrons. The number of hydrogen-bond donors (Lipinski definition) is 3. The predicted octanol–water partition coefficient (Wildman–Crippen LogP) is 3.99. The number of carbonyl (C=O) groups is 1. The van der Waals surface area contributed by atoms with E-state index in [-0.39, 0.29) is 5.75 Å². The Morgan fingerprint density at radius 1 is 0.964 bits per heavy atom. The summed E-state index contributed by atoms with van der Waals surface area (Å²) in [5, 5.41) is 25.4. The third kappa shape index (κ3) is 4.36. The second-order valence-corrected chi connectivity index (χ2v) is 8.37. The SMILES string of the molecule is O=C(N/N=C\c1cc(I)cc(I)c1O)C(O)(c1ccccc1)c1ccccc1. The first-order valence-corrected chi connectivity index (χ1v) is 10.4. The van der Waals surface area contributed by atoms with Crippen molar-refractivity contribution in [1.82, 2.24) is 5.43 Å². The summed E-state index contributed by atoms with van der Waals surface area (Å²) in [6.45, 7) is 0. The van der Waals surface area contributed by atoms with Gasteiger partial charge in [0.1, 0.15) is 5.75 Å². The van der Waals surface area contributed by atoms with Gasteiger partial charge in [-0.25, -0.2) is 5.43 Å². The third-order valence-corrected chi connectivity index (χ3v) is 5.58. The average molecular weight is 598 g/mol. The van der Waals surface area contributed by atoms with Crippen LogP contribution in [0.3, 0.4) is 0 Å². The molecule has 0 bridgehead atoms. The Labute approximate surface area is 189 Å². The number of benzene rings is 3.